The van der Waals surface area contributed by atoms with Crippen LogP contribution in [0.5, 0.6) is 0 Å². The third-order valence-electron chi connectivity index (χ3n) is 7.96. The van der Waals surface area contributed by atoms with E-state index in [1.807, 2.05) is 72.5 Å². The lowest BCUT2D eigenvalue weighted by atomic mass is 9.76. The maximum Gasteiger partial charge on any atom is 0.254 e. The average Bonchev–Trinajstić information content (AvgIpc) is 3.56. The van der Waals surface area contributed by atoms with Crippen LogP contribution in [-0.2, 0) is 4.79 Å². The van der Waals surface area contributed by atoms with Crippen LogP contribution in [0.25, 0.3) is 21.9 Å². The normalized spacial score (nSPS) is 21.9. The van der Waals surface area contributed by atoms with Crippen LogP contribution in [0.4, 0.5) is 5.69 Å². The van der Waals surface area contributed by atoms with E-state index in [1.165, 1.54) is 0 Å². The fourth-order valence-electron chi connectivity index (χ4n) is 6.18. The molecule has 0 bridgehead atoms. The third-order valence-corrected chi connectivity index (χ3v) is 8.45. The van der Waals surface area contributed by atoms with Crippen LogP contribution in [0, 0.1) is 18.3 Å². The van der Waals surface area contributed by atoms with E-state index in [-0.39, 0.29) is 23.1 Å². The number of nitrogens with one attached hydrogen (secondary N) is 1. The van der Waals surface area contributed by atoms with Gasteiger partial charge >= 0.3 is 0 Å². The molecule has 2 heterocycles. The molecule has 1 aliphatic carbocycles. The molecule has 2 atom stereocenters. The molecule has 5 nitrogen and oxygen atoms in total. The number of para-hydroxylation sites is 1. The molecule has 178 valence electrons. The fourth-order valence-corrected chi connectivity index (χ4v) is 6.65. The number of carbonyl (C=O) groups is 2. The average molecular weight is 531 g/mol. The molecule has 4 aromatic rings. The number of hydrogen-bond acceptors (Lipinski definition) is 3. The summed E-state index contributed by atoms with van der Waals surface area (Å²) in [7, 11) is 0. The van der Waals surface area contributed by atoms with Gasteiger partial charge < -0.3 is 14.6 Å². The Hall–Kier alpha value is -3.12. The third kappa shape index (κ3) is 3.84. The topological polar surface area (TPSA) is 62.6 Å². The van der Waals surface area contributed by atoms with Gasteiger partial charge in [0.25, 0.3) is 5.91 Å². The van der Waals surface area contributed by atoms with Crippen LogP contribution < -0.4 is 5.32 Å². The first-order valence-corrected chi connectivity index (χ1v) is 13.0. The Morgan fingerprint density at radius 3 is 2.71 bits per heavy atom. The maximum atomic E-state index is 13.5. The zero-order valence-corrected chi connectivity index (χ0v) is 21.2. The molecule has 1 aromatic heterocycles. The van der Waals surface area contributed by atoms with Crippen molar-refractivity contribution in [3.8, 4) is 0 Å². The summed E-state index contributed by atoms with van der Waals surface area (Å²) < 4.78 is 6.89. The Morgan fingerprint density at radius 1 is 1.03 bits per heavy atom. The Kier molecular flexibility index (Phi) is 5.44. The number of nitrogens with zero attached hydrogens (tertiary/aromatic N) is 1. The van der Waals surface area contributed by atoms with Gasteiger partial charge in [0.15, 0.2) is 0 Å². The van der Waals surface area contributed by atoms with Crippen molar-refractivity contribution >= 4 is 55.4 Å². The molecule has 3 aromatic carbocycles. The van der Waals surface area contributed by atoms with Crippen molar-refractivity contribution in [1.29, 1.82) is 0 Å². The summed E-state index contributed by atoms with van der Waals surface area (Å²) >= 11 is 3.48. The number of likely N-dealkylation sites (tertiary alicyclic amines) is 1. The molecular weight excluding hydrogens is 504 g/mol. The van der Waals surface area contributed by atoms with Gasteiger partial charge in [0.2, 0.25) is 5.91 Å². The highest BCUT2D eigenvalue weighted by atomic mass is 79.9. The molecule has 1 spiro atoms. The highest BCUT2D eigenvalue weighted by molar-refractivity contribution is 9.10. The van der Waals surface area contributed by atoms with Gasteiger partial charge in [0.1, 0.15) is 11.2 Å². The number of halogens is 1. The smallest absolute Gasteiger partial charge is 0.254 e. The highest BCUT2D eigenvalue weighted by Gasteiger charge is 2.51. The molecular formula is C29H27BrN2O3. The van der Waals surface area contributed by atoms with Crippen LogP contribution in [-0.4, -0.2) is 29.8 Å². The van der Waals surface area contributed by atoms with Crippen molar-refractivity contribution in [3.63, 3.8) is 0 Å². The summed E-state index contributed by atoms with van der Waals surface area (Å²) in [4.78, 5) is 28.8. The second-order valence-electron chi connectivity index (χ2n) is 10.0. The molecule has 2 amide bonds. The second kappa shape index (κ2) is 8.52. The first-order chi connectivity index (χ1) is 16.9. The predicted octanol–water partition coefficient (Wildman–Crippen LogP) is 6.93. The number of amides is 2. The van der Waals surface area contributed by atoms with Crippen LogP contribution >= 0.6 is 15.9 Å². The van der Waals surface area contributed by atoms with E-state index in [4.69, 9.17) is 4.42 Å². The van der Waals surface area contributed by atoms with E-state index < -0.39 is 0 Å². The number of hydrogen-bond donors (Lipinski definition) is 1. The van der Waals surface area contributed by atoms with Crippen molar-refractivity contribution in [2.75, 3.05) is 18.4 Å². The van der Waals surface area contributed by atoms with Crippen LogP contribution in [0.2, 0.25) is 0 Å². The minimum atomic E-state index is -0.143. The number of anilines is 1. The van der Waals surface area contributed by atoms with Crippen molar-refractivity contribution in [2.45, 2.75) is 32.6 Å². The molecule has 6 rings (SSSR count). The number of fused-ring (bicyclic) bond motifs is 3. The van der Waals surface area contributed by atoms with Crippen molar-refractivity contribution in [3.05, 3.63) is 76.3 Å². The lowest BCUT2D eigenvalue weighted by Gasteiger charge is -2.30. The fraction of sp³-hybridized carbons (Fsp3) is 0.310. The number of carbonyl (C=O) groups excluding carboxylic acids is 2. The Morgan fingerprint density at radius 2 is 1.86 bits per heavy atom. The molecule has 2 fully saturated rings. The molecule has 1 saturated carbocycles. The first-order valence-electron chi connectivity index (χ1n) is 12.2. The summed E-state index contributed by atoms with van der Waals surface area (Å²) in [5.74, 6) is 0.0297. The quantitative estimate of drug-likeness (QED) is 0.312. The lowest BCUT2D eigenvalue weighted by Crippen LogP contribution is -2.39. The summed E-state index contributed by atoms with van der Waals surface area (Å²) in [6, 6.07) is 19.6. The van der Waals surface area contributed by atoms with Gasteiger partial charge in [-0.15, -0.1) is 0 Å². The lowest BCUT2D eigenvalue weighted by molar-refractivity contribution is -0.122. The van der Waals surface area contributed by atoms with Crippen molar-refractivity contribution < 1.29 is 14.0 Å². The van der Waals surface area contributed by atoms with Gasteiger partial charge in [-0.2, -0.15) is 0 Å². The van der Waals surface area contributed by atoms with Crippen molar-refractivity contribution in [2.24, 2.45) is 11.3 Å². The van der Waals surface area contributed by atoms with E-state index in [2.05, 4.69) is 21.2 Å². The van der Waals surface area contributed by atoms with Gasteiger partial charge in [-0.1, -0.05) is 40.5 Å². The number of rotatable bonds is 3. The highest BCUT2D eigenvalue weighted by Crippen LogP contribution is 2.50. The molecule has 2 aliphatic rings. The Balaban J connectivity index is 1.21. The molecule has 1 N–H and O–H groups in total. The summed E-state index contributed by atoms with van der Waals surface area (Å²) in [6.45, 7) is 3.31. The molecule has 1 aliphatic heterocycles. The van der Waals surface area contributed by atoms with Crippen LogP contribution in [0.1, 0.15) is 41.6 Å². The van der Waals surface area contributed by atoms with E-state index in [0.717, 1.165) is 68.9 Å². The predicted molar refractivity (Wildman–Crippen MR) is 142 cm³/mol. The Bertz CT molecular complexity index is 1480. The monoisotopic (exact) mass is 530 g/mol. The summed E-state index contributed by atoms with van der Waals surface area (Å²) in [6.07, 6.45) is 3.74. The van der Waals surface area contributed by atoms with Crippen LogP contribution in [0.15, 0.2) is 69.6 Å². The van der Waals surface area contributed by atoms with Gasteiger partial charge in [0.05, 0.1) is 0 Å². The van der Waals surface area contributed by atoms with Crippen molar-refractivity contribution in [1.82, 2.24) is 4.90 Å². The first kappa shape index (κ1) is 22.4. The standard InChI is InChI=1S/C29H27BrN2O3/c1-18-15-19(30)8-10-21(18)28(34)32-14-13-29(17-32)12-4-6-24(29)27(33)31-20-9-11-26-23(16-20)22-5-2-3-7-25(22)35-26/h2-3,5,7-11,15-16,24H,4,6,12-14,17H2,1H3,(H,31,33). The van der Waals surface area contributed by atoms with E-state index in [9.17, 15) is 9.59 Å². The number of aryl methyl sites for hydroxylation is 1. The van der Waals surface area contributed by atoms with E-state index in [1.54, 1.807) is 0 Å². The number of benzene rings is 3. The van der Waals surface area contributed by atoms with Crippen LogP contribution in [0.3, 0.4) is 0 Å². The summed E-state index contributed by atoms with van der Waals surface area (Å²) in [5, 5.41) is 5.23. The van der Waals surface area contributed by atoms with Gasteiger partial charge in [-0.3, -0.25) is 9.59 Å². The second-order valence-corrected chi connectivity index (χ2v) is 11.0. The molecule has 35 heavy (non-hydrogen) atoms. The van der Waals surface area contributed by atoms with E-state index in [0.29, 0.717) is 13.1 Å². The van der Waals surface area contributed by atoms with Gasteiger partial charge in [-0.05, 0) is 74.2 Å². The molecule has 1 saturated heterocycles. The molecule has 0 radical (unpaired) electrons. The van der Waals surface area contributed by atoms with Gasteiger partial charge in [0, 0.05) is 50.9 Å². The summed E-state index contributed by atoms with van der Waals surface area (Å²) in [5.41, 5.74) is 4.01. The zero-order chi connectivity index (χ0) is 24.2. The Labute approximate surface area is 212 Å². The zero-order valence-electron chi connectivity index (χ0n) is 19.6. The molecule has 6 heteroatoms. The minimum Gasteiger partial charge on any atom is -0.456 e. The molecule has 2 unspecified atom stereocenters. The number of furan rings is 1. The van der Waals surface area contributed by atoms with E-state index >= 15 is 0 Å². The largest absolute Gasteiger partial charge is 0.456 e. The minimum absolute atomic E-state index is 0.0590. The maximum absolute atomic E-state index is 13.5. The van der Waals surface area contributed by atoms with Gasteiger partial charge in [-0.25, -0.2) is 0 Å². The SMILES string of the molecule is Cc1cc(Br)ccc1C(=O)N1CCC2(CCCC2C(=O)Nc2ccc3oc4ccccc4c3c2)C1.